The fraction of sp³-hybridized carbons (Fsp3) is 0.600. The number of alkyl halides is 2. The van der Waals surface area contributed by atoms with Gasteiger partial charge in [-0.2, -0.15) is 8.78 Å². The van der Waals surface area contributed by atoms with E-state index in [2.05, 4.69) is 23.9 Å². The molecule has 0 heterocycles. The summed E-state index contributed by atoms with van der Waals surface area (Å²) in [5.74, 6) is 1.31. The molecule has 2 unspecified atom stereocenters. The zero-order chi connectivity index (χ0) is 13.8. The average molecular weight is 269 g/mol. The van der Waals surface area contributed by atoms with Crippen molar-refractivity contribution in [3.8, 4) is 5.75 Å². The largest absolute Gasteiger partial charge is 0.433 e. The molecule has 1 aromatic carbocycles. The molecule has 1 fully saturated rings. The maximum atomic E-state index is 12.4. The van der Waals surface area contributed by atoms with E-state index in [1.807, 2.05) is 6.07 Å². The normalized spacial score (nSPS) is 27.3. The third-order valence-electron chi connectivity index (χ3n) is 3.97. The summed E-state index contributed by atoms with van der Waals surface area (Å²) in [4.78, 5) is 0. The fourth-order valence-corrected chi connectivity index (χ4v) is 2.93. The van der Waals surface area contributed by atoms with E-state index in [0.29, 0.717) is 23.6 Å². The molecule has 19 heavy (non-hydrogen) atoms. The van der Waals surface area contributed by atoms with Crippen LogP contribution in [-0.2, 0) is 0 Å². The lowest BCUT2D eigenvalue weighted by Crippen LogP contribution is -2.37. The molecule has 2 rings (SSSR count). The molecule has 4 heteroatoms. The maximum absolute atomic E-state index is 12.4. The van der Waals surface area contributed by atoms with Crippen LogP contribution in [0.1, 0.15) is 33.1 Å². The lowest BCUT2D eigenvalue weighted by Gasteiger charge is -2.36. The summed E-state index contributed by atoms with van der Waals surface area (Å²) in [5.41, 5.74) is 0.661. The van der Waals surface area contributed by atoms with Crippen molar-refractivity contribution < 1.29 is 13.5 Å². The standard InChI is InChI=1S/C15H21F2NO/c1-10-6-5-7-11(2)14(10)18-12-8-3-4-9-13(12)19-15(16)17/h3-4,8-11,14-15,18H,5-7H2,1-2H3. The highest BCUT2D eigenvalue weighted by molar-refractivity contribution is 5.57. The summed E-state index contributed by atoms with van der Waals surface area (Å²) in [5, 5.41) is 3.40. The minimum Gasteiger partial charge on any atom is -0.433 e. The van der Waals surface area contributed by atoms with Gasteiger partial charge in [-0.1, -0.05) is 32.4 Å². The van der Waals surface area contributed by atoms with Crippen LogP contribution in [0.25, 0.3) is 0 Å². The van der Waals surface area contributed by atoms with E-state index in [9.17, 15) is 8.78 Å². The smallest absolute Gasteiger partial charge is 0.387 e. The maximum Gasteiger partial charge on any atom is 0.387 e. The summed E-state index contributed by atoms with van der Waals surface area (Å²) in [6, 6.07) is 7.23. The summed E-state index contributed by atoms with van der Waals surface area (Å²) in [6.07, 6.45) is 3.61. The number of hydrogen-bond acceptors (Lipinski definition) is 2. The van der Waals surface area contributed by atoms with Gasteiger partial charge in [-0.05, 0) is 36.8 Å². The first kappa shape index (κ1) is 14.1. The lowest BCUT2D eigenvalue weighted by atomic mass is 9.78. The van der Waals surface area contributed by atoms with Crippen molar-refractivity contribution in [2.24, 2.45) is 11.8 Å². The van der Waals surface area contributed by atoms with Crippen LogP contribution in [-0.4, -0.2) is 12.7 Å². The Hall–Kier alpha value is -1.32. The van der Waals surface area contributed by atoms with Crippen LogP contribution in [0.5, 0.6) is 5.75 Å². The third kappa shape index (κ3) is 3.58. The molecule has 0 spiro atoms. The Morgan fingerprint density at radius 1 is 1.16 bits per heavy atom. The topological polar surface area (TPSA) is 21.3 Å². The molecule has 0 saturated heterocycles. The van der Waals surface area contributed by atoms with E-state index in [4.69, 9.17) is 0 Å². The Labute approximate surface area is 113 Å². The van der Waals surface area contributed by atoms with Crippen LogP contribution in [0.2, 0.25) is 0 Å². The van der Waals surface area contributed by atoms with Gasteiger partial charge in [0.05, 0.1) is 5.69 Å². The summed E-state index contributed by atoms with van der Waals surface area (Å²) in [6.45, 7) is 1.64. The minimum atomic E-state index is -2.79. The second-order valence-corrected chi connectivity index (χ2v) is 5.43. The quantitative estimate of drug-likeness (QED) is 0.867. The van der Waals surface area contributed by atoms with Gasteiger partial charge >= 0.3 is 6.61 Å². The van der Waals surface area contributed by atoms with E-state index in [0.717, 1.165) is 0 Å². The SMILES string of the molecule is CC1CCCC(C)C1Nc1ccccc1OC(F)F. The van der Waals surface area contributed by atoms with Crippen LogP contribution in [0.3, 0.4) is 0 Å². The zero-order valence-electron chi connectivity index (χ0n) is 11.4. The molecule has 1 aliphatic rings. The number of anilines is 1. The Bertz CT molecular complexity index is 401. The molecule has 0 amide bonds. The summed E-state index contributed by atoms with van der Waals surface area (Å²) in [7, 11) is 0. The molecule has 0 aromatic heterocycles. The van der Waals surface area contributed by atoms with Gasteiger partial charge in [0.2, 0.25) is 0 Å². The Balaban J connectivity index is 2.13. The molecule has 0 radical (unpaired) electrons. The molecule has 1 aromatic rings. The van der Waals surface area contributed by atoms with Gasteiger partial charge < -0.3 is 10.1 Å². The van der Waals surface area contributed by atoms with Gasteiger partial charge in [0, 0.05) is 6.04 Å². The van der Waals surface area contributed by atoms with E-state index in [1.54, 1.807) is 18.2 Å². The first-order chi connectivity index (χ1) is 9.08. The van der Waals surface area contributed by atoms with Crippen LogP contribution < -0.4 is 10.1 Å². The zero-order valence-corrected chi connectivity index (χ0v) is 11.4. The van der Waals surface area contributed by atoms with Crippen LogP contribution in [0.4, 0.5) is 14.5 Å². The van der Waals surface area contributed by atoms with Crippen molar-refractivity contribution in [2.45, 2.75) is 45.8 Å². The van der Waals surface area contributed by atoms with E-state index in [1.165, 1.54) is 19.3 Å². The van der Waals surface area contributed by atoms with Gasteiger partial charge in [-0.3, -0.25) is 0 Å². The van der Waals surface area contributed by atoms with E-state index >= 15 is 0 Å². The van der Waals surface area contributed by atoms with Crippen molar-refractivity contribution in [1.29, 1.82) is 0 Å². The number of ether oxygens (including phenoxy) is 1. The number of nitrogens with one attached hydrogen (secondary N) is 1. The Kier molecular flexibility index (Phi) is 4.61. The van der Waals surface area contributed by atoms with Gasteiger partial charge in [-0.15, -0.1) is 0 Å². The lowest BCUT2D eigenvalue weighted by molar-refractivity contribution is -0.0494. The van der Waals surface area contributed by atoms with Crippen molar-refractivity contribution >= 4 is 5.69 Å². The number of hydrogen-bond donors (Lipinski definition) is 1. The number of rotatable bonds is 4. The second-order valence-electron chi connectivity index (χ2n) is 5.43. The van der Waals surface area contributed by atoms with Gasteiger partial charge in [0.15, 0.2) is 0 Å². The highest BCUT2D eigenvalue weighted by Crippen LogP contribution is 2.34. The summed E-state index contributed by atoms with van der Waals surface area (Å²) >= 11 is 0. The molecule has 2 nitrogen and oxygen atoms in total. The molecule has 0 aliphatic heterocycles. The van der Waals surface area contributed by atoms with Gasteiger partial charge in [0.1, 0.15) is 5.75 Å². The Morgan fingerprint density at radius 2 is 1.79 bits per heavy atom. The van der Waals surface area contributed by atoms with Crippen LogP contribution >= 0.6 is 0 Å². The number of para-hydroxylation sites is 2. The summed E-state index contributed by atoms with van der Waals surface area (Å²) < 4.78 is 29.3. The molecule has 0 bridgehead atoms. The van der Waals surface area contributed by atoms with Crippen molar-refractivity contribution in [3.05, 3.63) is 24.3 Å². The first-order valence-electron chi connectivity index (χ1n) is 6.88. The molecule has 1 saturated carbocycles. The highest BCUT2D eigenvalue weighted by atomic mass is 19.3. The molecular formula is C15H21F2NO. The first-order valence-corrected chi connectivity index (χ1v) is 6.88. The van der Waals surface area contributed by atoms with Crippen LogP contribution in [0.15, 0.2) is 24.3 Å². The Morgan fingerprint density at radius 3 is 2.42 bits per heavy atom. The van der Waals surface area contributed by atoms with Crippen molar-refractivity contribution in [3.63, 3.8) is 0 Å². The van der Waals surface area contributed by atoms with E-state index in [-0.39, 0.29) is 5.75 Å². The molecule has 2 atom stereocenters. The average Bonchev–Trinajstić information content (AvgIpc) is 2.35. The van der Waals surface area contributed by atoms with Gasteiger partial charge in [0.25, 0.3) is 0 Å². The third-order valence-corrected chi connectivity index (χ3v) is 3.97. The van der Waals surface area contributed by atoms with Gasteiger partial charge in [-0.25, -0.2) is 0 Å². The predicted molar refractivity (Wildman–Crippen MR) is 72.7 cm³/mol. The fourth-order valence-electron chi connectivity index (χ4n) is 2.93. The second kappa shape index (κ2) is 6.22. The minimum absolute atomic E-state index is 0.225. The van der Waals surface area contributed by atoms with Crippen molar-refractivity contribution in [1.82, 2.24) is 0 Å². The van der Waals surface area contributed by atoms with Crippen molar-refractivity contribution in [2.75, 3.05) is 5.32 Å². The highest BCUT2D eigenvalue weighted by Gasteiger charge is 2.28. The monoisotopic (exact) mass is 269 g/mol. The van der Waals surface area contributed by atoms with Crippen LogP contribution in [0, 0.1) is 11.8 Å². The molecule has 106 valence electrons. The molecular weight excluding hydrogens is 248 g/mol. The predicted octanol–water partition coefficient (Wildman–Crippen LogP) is 4.52. The molecule has 1 aliphatic carbocycles. The van der Waals surface area contributed by atoms with E-state index < -0.39 is 6.61 Å². The molecule has 1 N–H and O–H groups in total. The number of halogens is 2. The number of benzene rings is 1.